The number of aromatic nitrogens is 2. The molecule has 0 saturated carbocycles. The number of thiazole rings is 1. The van der Waals surface area contributed by atoms with E-state index in [9.17, 15) is 14.7 Å². The van der Waals surface area contributed by atoms with E-state index in [1.807, 2.05) is 0 Å². The van der Waals surface area contributed by atoms with Crippen molar-refractivity contribution in [3.8, 4) is 5.75 Å². The summed E-state index contributed by atoms with van der Waals surface area (Å²) in [5.41, 5.74) is -0.359. The first-order chi connectivity index (χ1) is 7.56. The van der Waals surface area contributed by atoms with Gasteiger partial charge in [0.1, 0.15) is 0 Å². The molecule has 84 valence electrons. The van der Waals surface area contributed by atoms with Crippen molar-refractivity contribution in [2.75, 3.05) is 7.11 Å². The summed E-state index contributed by atoms with van der Waals surface area (Å²) >= 11 is 1.21. The highest BCUT2D eigenvalue weighted by Crippen LogP contribution is 2.17. The van der Waals surface area contributed by atoms with E-state index >= 15 is 0 Å². The molecular weight excluding hydrogens is 232 g/mol. The number of hydrogen-bond acceptors (Lipinski definition) is 6. The van der Waals surface area contributed by atoms with Crippen molar-refractivity contribution in [1.29, 1.82) is 0 Å². The largest absolute Gasteiger partial charge is 0.501 e. The van der Waals surface area contributed by atoms with Crippen LogP contribution in [0.15, 0.2) is 10.2 Å². The molecule has 0 aromatic carbocycles. The first kappa shape index (κ1) is 10.6. The number of rotatable bonds is 1. The van der Waals surface area contributed by atoms with E-state index in [2.05, 4.69) is 9.72 Å². The maximum absolute atomic E-state index is 11.7. The van der Waals surface area contributed by atoms with Crippen LogP contribution < -0.4 is 5.56 Å². The van der Waals surface area contributed by atoms with E-state index in [0.29, 0.717) is 10.7 Å². The Labute approximate surface area is 93.7 Å². The lowest BCUT2D eigenvalue weighted by molar-refractivity contribution is 0.0590. The van der Waals surface area contributed by atoms with Gasteiger partial charge in [-0.2, -0.15) is 0 Å². The molecule has 0 fully saturated rings. The Balaban J connectivity index is 2.86. The highest BCUT2D eigenvalue weighted by atomic mass is 32.1. The van der Waals surface area contributed by atoms with E-state index in [0.717, 1.165) is 7.11 Å². The van der Waals surface area contributed by atoms with Crippen molar-refractivity contribution in [2.45, 2.75) is 6.92 Å². The number of aromatic hydroxyl groups is 1. The third kappa shape index (κ3) is 1.36. The van der Waals surface area contributed by atoms with Crippen LogP contribution in [0.1, 0.15) is 16.2 Å². The zero-order valence-corrected chi connectivity index (χ0v) is 9.37. The maximum atomic E-state index is 11.7. The molecule has 7 heteroatoms. The molecule has 0 unspecified atom stereocenters. The summed E-state index contributed by atoms with van der Waals surface area (Å²) in [6.07, 6.45) is 0. The van der Waals surface area contributed by atoms with E-state index in [1.54, 1.807) is 12.3 Å². The summed E-state index contributed by atoms with van der Waals surface area (Å²) < 4.78 is 5.67. The van der Waals surface area contributed by atoms with Crippen LogP contribution in [0, 0.1) is 6.92 Å². The number of methoxy groups -OCH3 is 1. The van der Waals surface area contributed by atoms with Crippen molar-refractivity contribution < 1.29 is 14.6 Å². The number of esters is 1. The lowest BCUT2D eigenvalue weighted by atomic mass is 10.3. The number of carbonyl (C=O) groups excluding carboxylic acids is 1. The molecule has 0 aliphatic carbocycles. The lowest BCUT2D eigenvalue weighted by Crippen LogP contribution is -2.19. The number of aryl methyl sites for hydroxylation is 1. The molecule has 2 aromatic rings. The Hall–Kier alpha value is -1.89. The minimum Gasteiger partial charge on any atom is -0.501 e. The van der Waals surface area contributed by atoms with Crippen molar-refractivity contribution in [2.24, 2.45) is 0 Å². The second-order valence-electron chi connectivity index (χ2n) is 3.10. The maximum Gasteiger partial charge on any atom is 0.360 e. The van der Waals surface area contributed by atoms with Gasteiger partial charge in [0.25, 0.3) is 0 Å². The minimum atomic E-state index is -0.830. The molecule has 0 saturated heterocycles. The fraction of sp³-hybridized carbons (Fsp3) is 0.222. The average molecular weight is 240 g/mol. The summed E-state index contributed by atoms with van der Waals surface area (Å²) in [6, 6.07) is 0. The Kier molecular flexibility index (Phi) is 2.39. The molecule has 2 heterocycles. The minimum absolute atomic E-state index is 0.348. The van der Waals surface area contributed by atoms with E-state index < -0.39 is 17.3 Å². The van der Waals surface area contributed by atoms with Crippen LogP contribution in [0.2, 0.25) is 0 Å². The van der Waals surface area contributed by atoms with Gasteiger partial charge in [-0.1, -0.05) is 0 Å². The van der Waals surface area contributed by atoms with Gasteiger partial charge in [-0.25, -0.2) is 9.78 Å². The topological polar surface area (TPSA) is 80.9 Å². The molecule has 0 aliphatic heterocycles. The molecule has 0 aliphatic rings. The summed E-state index contributed by atoms with van der Waals surface area (Å²) in [5.74, 6) is -1.52. The molecule has 0 amide bonds. The van der Waals surface area contributed by atoms with Crippen LogP contribution in [-0.2, 0) is 4.74 Å². The summed E-state index contributed by atoms with van der Waals surface area (Å²) in [6.45, 7) is 1.71. The smallest absolute Gasteiger partial charge is 0.360 e. The van der Waals surface area contributed by atoms with Crippen molar-refractivity contribution >= 4 is 22.3 Å². The molecule has 0 bridgehead atoms. The molecule has 1 N–H and O–H groups in total. The molecule has 0 radical (unpaired) electrons. The lowest BCUT2D eigenvalue weighted by Gasteiger charge is -2.02. The predicted octanol–water partition coefficient (Wildman–Crippen LogP) is 0.557. The van der Waals surface area contributed by atoms with Gasteiger partial charge in [0.05, 0.1) is 7.11 Å². The monoisotopic (exact) mass is 240 g/mol. The first-order valence-electron chi connectivity index (χ1n) is 4.34. The fourth-order valence-corrected chi connectivity index (χ4v) is 2.17. The van der Waals surface area contributed by atoms with Crippen LogP contribution in [0.25, 0.3) is 4.96 Å². The fourth-order valence-electron chi connectivity index (χ4n) is 1.31. The summed E-state index contributed by atoms with van der Waals surface area (Å²) in [4.78, 5) is 27.2. The SMILES string of the molecule is COC(=O)c1nc2scc(C)n2c(=O)c1O. The van der Waals surface area contributed by atoms with Gasteiger partial charge in [0, 0.05) is 11.1 Å². The number of nitrogens with zero attached hydrogens (tertiary/aromatic N) is 2. The van der Waals surface area contributed by atoms with Crippen LogP contribution in [-0.4, -0.2) is 27.6 Å². The van der Waals surface area contributed by atoms with Gasteiger partial charge in [-0.3, -0.25) is 9.20 Å². The molecule has 0 atom stereocenters. The van der Waals surface area contributed by atoms with E-state index in [-0.39, 0.29) is 5.69 Å². The van der Waals surface area contributed by atoms with Crippen LogP contribution >= 0.6 is 11.3 Å². The van der Waals surface area contributed by atoms with Crippen molar-refractivity contribution in [3.63, 3.8) is 0 Å². The zero-order valence-electron chi connectivity index (χ0n) is 8.55. The molecule has 2 rings (SSSR count). The third-order valence-electron chi connectivity index (χ3n) is 2.10. The highest BCUT2D eigenvalue weighted by molar-refractivity contribution is 7.15. The van der Waals surface area contributed by atoms with Gasteiger partial charge >= 0.3 is 11.5 Å². The highest BCUT2D eigenvalue weighted by Gasteiger charge is 2.20. The predicted molar refractivity (Wildman–Crippen MR) is 57.1 cm³/mol. The first-order valence-corrected chi connectivity index (χ1v) is 5.22. The standard InChI is InChI=1S/C9H8N2O4S/c1-4-3-16-9-10-5(8(14)15-2)6(12)7(13)11(4)9/h3,12H,1-2H3. The molecule has 16 heavy (non-hydrogen) atoms. The molecular formula is C9H8N2O4S. The summed E-state index contributed by atoms with van der Waals surface area (Å²) in [5, 5.41) is 11.3. The molecule has 6 nitrogen and oxygen atoms in total. The number of hydrogen-bond donors (Lipinski definition) is 1. The molecule has 0 spiro atoms. The number of ether oxygens (including phenoxy) is 1. The van der Waals surface area contributed by atoms with Crippen LogP contribution in [0.4, 0.5) is 0 Å². The average Bonchev–Trinajstić information content (AvgIpc) is 2.64. The second kappa shape index (κ2) is 3.60. The van der Waals surface area contributed by atoms with Crippen molar-refractivity contribution in [3.05, 3.63) is 27.1 Å². The van der Waals surface area contributed by atoms with E-state index in [4.69, 9.17) is 0 Å². The van der Waals surface area contributed by atoms with Gasteiger partial charge in [0.2, 0.25) is 5.75 Å². The Morgan fingerprint density at radius 2 is 2.31 bits per heavy atom. The number of fused-ring (bicyclic) bond motifs is 1. The second-order valence-corrected chi connectivity index (χ2v) is 3.94. The molecule has 2 aromatic heterocycles. The Morgan fingerprint density at radius 3 is 2.94 bits per heavy atom. The Morgan fingerprint density at radius 1 is 1.62 bits per heavy atom. The number of carbonyl (C=O) groups is 1. The summed E-state index contributed by atoms with van der Waals surface area (Å²) in [7, 11) is 1.16. The zero-order chi connectivity index (χ0) is 11.9. The normalized spacial score (nSPS) is 10.6. The van der Waals surface area contributed by atoms with Gasteiger partial charge in [-0.05, 0) is 6.92 Å². The Bertz CT molecular complexity index is 628. The van der Waals surface area contributed by atoms with E-state index in [1.165, 1.54) is 15.7 Å². The van der Waals surface area contributed by atoms with Gasteiger partial charge in [0.15, 0.2) is 10.7 Å². The van der Waals surface area contributed by atoms with Crippen LogP contribution in [0.5, 0.6) is 5.75 Å². The van der Waals surface area contributed by atoms with Gasteiger partial charge in [-0.15, -0.1) is 11.3 Å². The van der Waals surface area contributed by atoms with Gasteiger partial charge < -0.3 is 9.84 Å². The third-order valence-corrected chi connectivity index (χ3v) is 3.04. The van der Waals surface area contributed by atoms with Crippen LogP contribution in [0.3, 0.4) is 0 Å². The van der Waals surface area contributed by atoms with Crippen molar-refractivity contribution in [1.82, 2.24) is 9.38 Å². The quantitative estimate of drug-likeness (QED) is 0.736.